The quantitative estimate of drug-likeness (QED) is 0.809. The topological polar surface area (TPSA) is 38.1 Å². The Morgan fingerprint density at radius 2 is 2.40 bits per heavy atom. The average Bonchev–Trinajstić information content (AvgIpc) is 2.66. The predicted molar refractivity (Wildman–Crippen MR) is 59.4 cm³/mol. The van der Waals surface area contributed by atoms with Crippen molar-refractivity contribution in [1.82, 2.24) is 9.78 Å². The molecule has 1 aromatic heterocycles. The Hall–Kier alpha value is -0.830. The maximum absolute atomic E-state index is 10.8. The zero-order valence-electron chi connectivity index (χ0n) is 9.61. The summed E-state index contributed by atoms with van der Waals surface area (Å²) in [6.07, 6.45) is 7.20. The maximum Gasteiger partial charge on any atom is 0.109 e. The third-order valence-corrected chi connectivity index (χ3v) is 3.79. The molecule has 1 aliphatic carbocycles. The van der Waals surface area contributed by atoms with Crippen LogP contribution in [0.5, 0.6) is 0 Å². The molecule has 0 radical (unpaired) electrons. The molecule has 84 valence electrons. The number of aliphatic hydroxyl groups is 1. The molecule has 0 aromatic carbocycles. The molecule has 0 amide bonds. The average molecular weight is 208 g/mol. The van der Waals surface area contributed by atoms with Crippen LogP contribution in [0.2, 0.25) is 0 Å². The molecule has 1 N–H and O–H groups in total. The third-order valence-electron chi connectivity index (χ3n) is 3.79. The highest BCUT2D eigenvalue weighted by Gasteiger charge is 2.41. The van der Waals surface area contributed by atoms with E-state index in [1.165, 1.54) is 6.42 Å². The Morgan fingerprint density at radius 3 is 3.00 bits per heavy atom. The molecule has 0 aliphatic heterocycles. The lowest BCUT2D eigenvalue weighted by molar-refractivity contribution is -0.0619. The molecule has 1 aliphatic rings. The van der Waals surface area contributed by atoms with Gasteiger partial charge < -0.3 is 5.11 Å². The van der Waals surface area contributed by atoms with Crippen molar-refractivity contribution in [1.29, 1.82) is 0 Å². The van der Waals surface area contributed by atoms with E-state index in [0.29, 0.717) is 5.92 Å². The van der Waals surface area contributed by atoms with Gasteiger partial charge in [-0.15, -0.1) is 0 Å². The zero-order chi connectivity index (χ0) is 10.9. The van der Waals surface area contributed by atoms with Crippen LogP contribution in [0.25, 0.3) is 0 Å². The standard InChI is InChI=1S/C12H20N2O/c1-3-10-6-4-5-8-12(10,15)11-7-9-13-14(11)2/h7,9-10,15H,3-6,8H2,1-2H3. The number of hydrogen-bond acceptors (Lipinski definition) is 2. The molecular formula is C12H20N2O. The first kappa shape index (κ1) is 10.7. The van der Waals surface area contributed by atoms with Crippen LogP contribution >= 0.6 is 0 Å². The van der Waals surface area contributed by atoms with E-state index in [-0.39, 0.29) is 0 Å². The third kappa shape index (κ3) is 1.69. The van der Waals surface area contributed by atoms with Crippen molar-refractivity contribution in [2.24, 2.45) is 13.0 Å². The first-order chi connectivity index (χ1) is 7.18. The summed E-state index contributed by atoms with van der Waals surface area (Å²) in [5.41, 5.74) is 0.340. The van der Waals surface area contributed by atoms with Crippen molar-refractivity contribution in [3.05, 3.63) is 18.0 Å². The van der Waals surface area contributed by atoms with Gasteiger partial charge in [-0.2, -0.15) is 5.10 Å². The van der Waals surface area contributed by atoms with Gasteiger partial charge in [-0.3, -0.25) is 4.68 Å². The van der Waals surface area contributed by atoms with Gasteiger partial charge in [0.05, 0.1) is 5.69 Å². The smallest absolute Gasteiger partial charge is 0.109 e. The Bertz CT molecular complexity index is 334. The van der Waals surface area contributed by atoms with Crippen molar-refractivity contribution in [3.63, 3.8) is 0 Å². The molecule has 2 unspecified atom stereocenters. The summed E-state index contributed by atoms with van der Waals surface area (Å²) in [7, 11) is 1.91. The van der Waals surface area contributed by atoms with Crippen LogP contribution < -0.4 is 0 Å². The monoisotopic (exact) mass is 208 g/mol. The van der Waals surface area contributed by atoms with Crippen LogP contribution in [-0.4, -0.2) is 14.9 Å². The van der Waals surface area contributed by atoms with Gasteiger partial charge in [-0.05, 0) is 24.8 Å². The molecular weight excluding hydrogens is 188 g/mol. The van der Waals surface area contributed by atoms with Crippen molar-refractivity contribution in [2.75, 3.05) is 0 Å². The van der Waals surface area contributed by atoms with Crippen LogP contribution in [0.4, 0.5) is 0 Å². The molecule has 3 nitrogen and oxygen atoms in total. The minimum atomic E-state index is -0.641. The number of hydrogen-bond donors (Lipinski definition) is 1. The van der Waals surface area contributed by atoms with Crippen LogP contribution in [0.3, 0.4) is 0 Å². The largest absolute Gasteiger partial charge is 0.383 e. The molecule has 2 atom stereocenters. The Morgan fingerprint density at radius 1 is 1.60 bits per heavy atom. The van der Waals surface area contributed by atoms with Crippen molar-refractivity contribution >= 4 is 0 Å². The maximum atomic E-state index is 10.8. The molecule has 3 heteroatoms. The molecule has 1 fully saturated rings. The number of aryl methyl sites for hydroxylation is 1. The second-order valence-electron chi connectivity index (χ2n) is 4.62. The second-order valence-corrected chi connectivity index (χ2v) is 4.62. The van der Waals surface area contributed by atoms with Gasteiger partial charge in [0.1, 0.15) is 5.60 Å². The van der Waals surface area contributed by atoms with Gasteiger partial charge in [-0.25, -0.2) is 0 Å². The molecule has 2 rings (SSSR count). The van der Waals surface area contributed by atoms with E-state index < -0.39 is 5.60 Å². The molecule has 0 spiro atoms. The van der Waals surface area contributed by atoms with E-state index in [1.54, 1.807) is 6.20 Å². The molecule has 15 heavy (non-hydrogen) atoms. The van der Waals surface area contributed by atoms with Crippen molar-refractivity contribution in [3.8, 4) is 0 Å². The molecule has 1 aromatic rings. The van der Waals surface area contributed by atoms with E-state index in [4.69, 9.17) is 0 Å². The first-order valence-corrected chi connectivity index (χ1v) is 5.89. The lowest BCUT2D eigenvalue weighted by Gasteiger charge is -2.39. The Balaban J connectivity index is 2.34. The first-order valence-electron chi connectivity index (χ1n) is 5.89. The predicted octanol–water partition coefficient (Wildman–Crippen LogP) is 2.21. The van der Waals surface area contributed by atoms with E-state index >= 15 is 0 Å². The van der Waals surface area contributed by atoms with Gasteiger partial charge in [0.15, 0.2) is 0 Å². The van der Waals surface area contributed by atoms with Gasteiger partial charge in [0.25, 0.3) is 0 Å². The molecule has 1 saturated carbocycles. The highest BCUT2D eigenvalue weighted by Crippen LogP contribution is 2.42. The summed E-state index contributed by atoms with van der Waals surface area (Å²) in [6.45, 7) is 2.16. The van der Waals surface area contributed by atoms with Crippen molar-refractivity contribution < 1.29 is 5.11 Å². The fourth-order valence-electron chi connectivity index (χ4n) is 2.91. The summed E-state index contributed by atoms with van der Waals surface area (Å²) in [5.74, 6) is 0.390. The molecule has 0 saturated heterocycles. The normalized spacial score (nSPS) is 31.8. The SMILES string of the molecule is CCC1CCCCC1(O)c1ccnn1C. The number of rotatable bonds is 2. The van der Waals surface area contributed by atoms with Gasteiger partial charge >= 0.3 is 0 Å². The summed E-state index contributed by atoms with van der Waals surface area (Å²) >= 11 is 0. The highest BCUT2D eigenvalue weighted by molar-refractivity contribution is 5.14. The second kappa shape index (κ2) is 3.97. The molecule has 1 heterocycles. The fraction of sp³-hybridized carbons (Fsp3) is 0.750. The van der Waals surface area contributed by atoms with Crippen LogP contribution in [-0.2, 0) is 12.6 Å². The van der Waals surface area contributed by atoms with Crippen LogP contribution in [0, 0.1) is 5.92 Å². The fourth-order valence-corrected chi connectivity index (χ4v) is 2.91. The zero-order valence-corrected chi connectivity index (χ0v) is 9.61. The summed E-state index contributed by atoms with van der Waals surface area (Å²) in [5, 5.41) is 15.0. The van der Waals surface area contributed by atoms with E-state index in [0.717, 1.165) is 31.4 Å². The van der Waals surface area contributed by atoms with E-state index in [9.17, 15) is 5.11 Å². The lowest BCUT2D eigenvalue weighted by Crippen LogP contribution is -2.39. The van der Waals surface area contributed by atoms with Gasteiger partial charge in [0, 0.05) is 13.2 Å². The van der Waals surface area contributed by atoms with Crippen molar-refractivity contribution in [2.45, 2.75) is 44.6 Å². The lowest BCUT2D eigenvalue weighted by atomic mass is 9.72. The van der Waals surface area contributed by atoms with Crippen LogP contribution in [0.1, 0.15) is 44.7 Å². The van der Waals surface area contributed by atoms with Gasteiger partial charge in [-0.1, -0.05) is 26.2 Å². The Labute approximate surface area is 91.1 Å². The van der Waals surface area contributed by atoms with E-state index in [1.807, 2.05) is 17.8 Å². The van der Waals surface area contributed by atoms with Crippen LogP contribution in [0.15, 0.2) is 12.3 Å². The summed E-state index contributed by atoms with van der Waals surface area (Å²) in [4.78, 5) is 0. The summed E-state index contributed by atoms with van der Waals surface area (Å²) in [6, 6.07) is 1.95. The minimum Gasteiger partial charge on any atom is -0.383 e. The van der Waals surface area contributed by atoms with Gasteiger partial charge in [0.2, 0.25) is 0 Å². The Kier molecular flexibility index (Phi) is 2.83. The molecule has 0 bridgehead atoms. The minimum absolute atomic E-state index is 0.390. The van der Waals surface area contributed by atoms with E-state index in [2.05, 4.69) is 12.0 Å². The summed E-state index contributed by atoms with van der Waals surface area (Å²) < 4.78 is 1.81. The highest BCUT2D eigenvalue weighted by atomic mass is 16.3. The number of nitrogens with zero attached hydrogens (tertiary/aromatic N) is 2. The number of aromatic nitrogens is 2.